The highest BCUT2D eigenvalue weighted by molar-refractivity contribution is 7.99. The first-order valence-electron chi connectivity index (χ1n) is 8.83. The number of para-hydroxylation sites is 1. The van der Waals surface area contributed by atoms with Crippen LogP contribution in [0.1, 0.15) is 19.8 Å². The molecule has 0 radical (unpaired) electrons. The van der Waals surface area contributed by atoms with Gasteiger partial charge in [-0.05, 0) is 18.6 Å². The summed E-state index contributed by atoms with van der Waals surface area (Å²) < 4.78 is 7.27. The van der Waals surface area contributed by atoms with E-state index in [0.717, 1.165) is 74.0 Å². The topological polar surface area (TPSA) is 48.6 Å². The maximum atomic E-state index is 12.8. The van der Waals surface area contributed by atoms with Crippen LogP contribution >= 0.6 is 11.8 Å². The summed E-state index contributed by atoms with van der Waals surface area (Å²) in [6.45, 7) is 7.85. The lowest BCUT2D eigenvalue weighted by Crippen LogP contribution is -3.14. The number of aromatic nitrogens is 2. The Hall–Kier alpha value is -1.37. The van der Waals surface area contributed by atoms with Crippen LogP contribution < -0.4 is 10.5 Å². The molecule has 0 unspecified atom stereocenters. The third kappa shape index (κ3) is 4.18. The molecule has 1 aromatic carbocycles. The Morgan fingerprint density at radius 3 is 2.88 bits per heavy atom. The molecule has 1 aliphatic rings. The Bertz CT molecular complexity index is 726. The molecule has 6 heteroatoms. The second-order valence-corrected chi connectivity index (χ2v) is 7.24. The van der Waals surface area contributed by atoms with Crippen molar-refractivity contribution in [2.75, 3.05) is 38.6 Å². The van der Waals surface area contributed by atoms with Gasteiger partial charge < -0.3 is 9.64 Å². The third-order valence-corrected chi connectivity index (χ3v) is 5.43. The zero-order valence-corrected chi connectivity index (χ0v) is 15.1. The molecule has 0 spiro atoms. The largest absolute Gasteiger partial charge is 0.370 e. The first-order chi connectivity index (χ1) is 11.8. The van der Waals surface area contributed by atoms with Crippen LogP contribution in [0.2, 0.25) is 0 Å². The van der Waals surface area contributed by atoms with Gasteiger partial charge in [-0.2, -0.15) is 0 Å². The van der Waals surface area contributed by atoms with Gasteiger partial charge in [0.25, 0.3) is 5.56 Å². The van der Waals surface area contributed by atoms with Crippen LogP contribution in [0.15, 0.2) is 34.2 Å². The molecule has 3 rings (SSSR count). The molecular weight excluding hydrogens is 322 g/mol. The summed E-state index contributed by atoms with van der Waals surface area (Å²) in [4.78, 5) is 19.2. The molecule has 2 aromatic rings. The van der Waals surface area contributed by atoms with Crippen LogP contribution in [0.5, 0.6) is 0 Å². The normalized spacial score (nSPS) is 15.9. The van der Waals surface area contributed by atoms with Crippen LogP contribution in [0.25, 0.3) is 10.9 Å². The minimum Gasteiger partial charge on any atom is -0.370 e. The number of quaternary nitrogens is 1. The highest BCUT2D eigenvalue weighted by atomic mass is 32.2. The van der Waals surface area contributed by atoms with Crippen LogP contribution in [0.3, 0.4) is 0 Å². The number of hydrogen-bond donors (Lipinski definition) is 1. The molecule has 0 bridgehead atoms. The van der Waals surface area contributed by atoms with Gasteiger partial charge in [0, 0.05) is 6.54 Å². The molecule has 2 heterocycles. The van der Waals surface area contributed by atoms with Gasteiger partial charge in [0.05, 0.1) is 36.4 Å². The molecule has 130 valence electrons. The molecular formula is C18H26N3O2S+. The van der Waals surface area contributed by atoms with Crippen molar-refractivity contribution in [2.24, 2.45) is 0 Å². The van der Waals surface area contributed by atoms with Gasteiger partial charge in [-0.15, -0.1) is 0 Å². The summed E-state index contributed by atoms with van der Waals surface area (Å²) in [5.74, 6) is 0.978. The van der Waals surface area contributed by atoms with E-state index in [2.05, 4.69) is 6.92 Å². The van der Waals surface area contributed by atoms with E-state index in [1.807, 2.05) is 28.8 Å². The summed E-state index contributed by atoms with van der Waals surface area (Å²) in [7, 11) is 0. The molecule has 1 fully saturated rings. The van der Waals surface area contributed by atoms with Crippen LogP contribution in [0.4, 0.5) is 0 Å². The summed E-state index contributed by atoms with van der Waals surface area (Å²) >= 11 is 1.71. The molecule has 1 aliphatic heterocycles. The molecule has 0 amide bonds. The van der Waals surface area contributed by atoms with E-state index in [1.165, 1.54) is 0 Å². The minimum atomic E-state index is 0.0928. The van der Waals surface area contributed by atoms with Crippen molar-refractivity contribution in [2.45, 2.75) is 31.5 Å². The van der Waals surface area contributed by atoms with Crippen molar-refractivity contribution in [1.29, 1.82) is 0 Å². The van der Waals surface area contributed by atoms with Gasteiger partial charge >= 0.3 is 0 Å². The number of ether oxygens (including phenoxy) is 1. The number of benzene rings is 1. The average Bonchev–Trinajstić information content (AvgIpc) is 2.62. The quantitative estimate of drug-likeness (QED) is 0.603. The van der Waals surface area contributed by atoms with Crippen molar-refractivity contribution < 1.29 is 9.64 Å². The fraction of sp³-hybridized carbons (Fsp3) is 0.556. The lowest BCUT2D eigenvalue weighted by molar-refractivity contribution is -0.905. The predicted octanol–water partition coefficient (Wildman–Crippen LogP) is 1.20. The standard InChI is InChI=1S/C18H25N3O2S/c1-2-3-8-21-17(22)15-6-4-5-7-16(15)19-18(21)24-14-11-20-9-12-23-13-10-20/h4-7H,2-3,8-14H2,1H3/p+1. The molecule has 0 saturated carbocycles. The van der Waals surface area contributed by atoms with Crippen LogP contribution in [0, 0.1) is 0 Å². The van der Waals surface area contributed by atoms with Gasteiger partial charge in [-0.3, -0.25) is 9.36 Å². The van der Waals surface area contributed by atoms with Gasteiger partial charge in [0.15, 0.2) is 5.16 Å². The number of morpholine rings is 1. The van der Waals surface area contributed by atoms with Crippen LogP contribution in [-0.2, 0) is 11.3 Å². The smallest absolute Gasteiger partial charge is 0.262 e. The molecule has 0 aliphatic carbocycles. The predicted molar refractivity (Wildman–Crippen MR) is 98.0 cm³/mol. The Labute approximate surface area is 147 Å². The van der Waals surface area contributed by atoms with Crippen molar-refractivity contribution in [3.8, 4) is 0 Å². The van der Waals surface area contributed by atoms with Gasteiger partial charge in [-0.25, -0.2) is 4.98 Å². The monoisotopic (exact) mass is 348 g/mol. The number of unbranched alkanes of at least 4 members (excludes halogenated alkanes) is 1. The number of nitrogens with one attached hydrogen (secondary N) is 1. The van der Waals surface area contributed by atoms with E-state index in [9.17, 15) is 4.79 Å². The van der Waals surface area contributed by atoms with E-state index in [-0.39, 0.29) is 5.56 Å². The van der Waals surface area contributed by atoms with E-state index in [0.29, 0.717) is 0 Å². The first-order valence-corrected chi connectivity index (χ1v) is 9.82. The molecule has 5 nitrogen and oxygen atoms in total. The van der Waals surface area contributed by atoms with Gasteiger partial charge in [0.1, 0.15) is 13.1 Å². The van der Waals surface area contributed by atoms with Crippen molar-refractivity contribution in [3.63, 3.8) is 0 Å². The SMILES string of the molecule is CCCCn1c(SCC[NH+]2CCOCC2)nc2ccccc2c1=O. The maximum Gasteiger partial charge on any atom is 0.262 e. The Balaban J connectivity index is 1.77. The second kappa shape index (κ2) is 8.65. The zero-order valence-electron chi connectivity index (χ0n) is 14.3. The van der Waals surface area contributed by atoms with Crippen molar-refractivity contribution >= 4 is 22.7 Å². The number of nitrogens with zero attached hydrogens (tertiary/aromatic N) is 2. The number of hydrogen-bond acceptors (Lipinski definition) is 4. The summed E-state index contributed by atoms with van der Waals surface area (Å²) in [5.41, 5.74) is 0.895. The van der Waals surface area contributed by atoms with Gasteiger partial charge in [-0.1, -0.05) is 37.2 Å². The Kier molecular flexibility index (Phi) is 6.29. The first kappa shape index (κ1) is 17.5. The molecule has 1 saturated heterocycles. The Morgan fingerprint density at radius 2 is 2.08 bits per heavy atom. The van der Waals surface area contributed by atoms with Gasteiger partial charge in [0.2, 0.25) is 0 Å². The third-order valence-electron chi connectivity index (χ3n) is 4.45. The summed E-state index contributed by atoms with van der Waals surface area (Å²) in [6.07, 6.45) is 2.07. The molecule has 1 N–H and O–H groups in total. The number of thioether (sulfide) groups is 1. The Morgan fingerprint density at radius 1 is 1.29 bits per heavy atom. The molecule has 1 aromatic heterocycles. The minimum absolute atomic E-state index is 0.0928. The number of fused-ring (bicyclic) bond motifs is 1. The molecule has 24 heavy (non-hydrogen) atoms. The molecule has 0 atom stereocenters. The zero-order chi connectivity index (χ0) is 16.8. The fourth-order valence-electron chi connectivity index (χ4n) is 2.97. The van der Waals surface area contributed by atoms with E-state index < -0.39 is 0 Å². The van der Waals surface area contributed by atoms with E-state index in [4.69, 9.17) is 9.72 Å². The summed E-state index contributed by atoms with van der Waals surface area (Å²) in [6, 6.07) is 7.65. The summed E-state index contributed by atoms with van der Waals surface area (Å²) in [5, 5.41) is 1.58. The highest BCUT2D eigenvalue weighted by Gasteiger charge is 2.15. The van der Waals surface area contributed by atoms with Crippen LogP contribution in [-0.4, -0.2) is 48.2 Å². The van der Waals surface area contributed by atoms with Crippen molar-refractivity contribution in [1.82, 2.24) is 9.55 Å². The fourth-order valence-corrected chi connectivity index (χ4v) is 4.03. The second-order valence-electron chi connectivity index (χ2n) is 6.18. The highest BCUT2D eigenvalue weighted by Crippen LogP contribution is 2.17. The number of rotatable bonds is 7. The lowest BCUT2D eigenvalue weighted by Gasteiger charge is -2.23. The maximum absolute atomic E-state index is 12.8. The van der Waals surface area contributed by atoms with E-state index in [1.54, 1.807) is 16.7 Å². The lowest BCUT2D eigenvalue weighted by atomic mass is 10.2. The van der Waals surface area contributed by atoms with Crippen molar-refractivity contribution in [3.05, 3.63) is 34.6 Å². The van der Waals surface area contributed by atoms with E-state index >= 15 is 0 Å². The average molecular weight is 348 g/mol.